The van der Waals surface area contributed by atoms with Crippen LogP contribution in [0.5, 0.6) is 5.75 Å². The van der Waals surface area contributed by atoms with E-state index in [-0.39, 0.29) is 0 Å². The number of hydrogen-bond donors (Lipinski definition) is 2. The largest absolute Gasteiger partial charge is 0.495 e. The number of nitrogens with one attached hydrogen (secondary N) is 2. The summed E-state index contributed by atoms with van der Waals surface area (Å²) < 4.78 is 5.08. The highest BCUT2D eigenvalue weighted by Crippen LogP contribution is 2.25. The van der Waals surface area contributed by atoms with E-state index in [1.807, 2.05) is 18.2 Å². The smallest absolute Gasteiger partial charge is 0.137 e. The zero-order chi connectivity index (χ0) is 11.4. The van der Waals surface area contributed by atoms with E-state index in [0.717, 1.165) is 11.3 Å². The Hall–Kier alpha value is -1.68. The van der Waals surface area contributed by atoms with Crippen LogP contribution in [0.3, 0.4) is 0 Å². The van der Waals surface area contributed by atoms with E-state index in [1.54, 1.807) is 19.5 Å². The van der Waals surface area contributed by atoms with E-state index in [9.17, 15) is 0 Å². The Morgan fingerprint density at radius 2 is 2.38 bits per heavy atom. The molecule has 2 rings (SSSR count). The number of methoxy groups -OCH3 is 1. The molecule has 0 saturated heterocycles. The molecule has 5 heteroatoms. The number of hydrogen-bond acceptors (Lipinski definition) is 3. The van der Waals surface area contributed by atoms with Crippen molar-refractivity contribution in [2.45, 2.75) is 6.54 Å². The number of aromatic amines is 1. The van der Waals surface area contributed by atoms with Crippen molar-refractivity contribution in [1.82, 2.24) is 10.2 Å². The zero-order valence-corrected chi connectivity index (χ0v) is 9.58. The lowest BCUT2D eigenvalue weighted by Crippen LogP contribution is -1.98. The zero-order valence-electron chi connectivity index (χ0n) is 8.83. The summed E-state index contributed by atoms with van der Waals surface area (Å²) in [5.41, 5.74) is 2.04. The molecule has 0 radical (unpaired) electrons. The number of anilines is 1. The predicted molar refractivity (Wildman–Crippen MR) is 63.9 cm³/mol. The van der Waals surface area contributed by atoms with Crippen LogP contribution >= 0.6 is 11.6 Å². The molecule has 0 fully saturated rings. The maximum Gasteiger partial charge on any atom is 0.137 e. The third kappa shape index (κ3) is 2.46. The van der Waals surface area contributed by atoms with Gasteiger partial charge in [0.25, 0.3) is 0 Å². The molecule has 16 heavy (non-hydrogen) atoms. The molecule has 0 aliphatic heterocycles. The SMILES string of the molecule is COc1ccc(CNc2cn[nH]c2)cc1Cl. The average molecular weight is 238 g/mol. The van der Waals surface area contributed by atoms with Gasteiger partial charge in [-0.15, -0.1) is 0 Å². The molecule has 84 valence electrons. The van der Waals surface area contributed by atoms with Crippen molar-refractivity contribution in [3.05, 3.63) is 41.2 Å². The van der Waals surface area contributed by atoms with Gasteiger partial charge in [0.1, 0.15) is 5.75 Å². The van der Waals surface area contributed by atoms with E-state index in [2.05, 4.69) is 15.5 Å². The first-order valence-electron chi connectivity index (χ1n) is 4.84. The number of aromatic nitrogens is 2. The molecule has 0 unspecified atom stereocenters. The highest BCUT2D eigenvalue weighted by atomic mass is 35.5. The maximum absolute atomic E-state index is 6.02. The molecule has 0 aliphatic carbocycles. The van der Waals surface area contributed by atoms with Gasteiger partial charge >= 0.3 is 0 Å². The summed E-state index contributed by atoms with van der Waals surface area (Å²) >= 11 is 6.02. The van der Waals surface area contributed by atoms with Crippen molar-refractivity contribution in [2.75, 3.05) is 12.4 Å². The topological polar surface area (TPSA) is 49.9 Å². The number of halogens is 1. The standard InChI is InChI=1S/C11H12ClN3O/c1-16-11-3-2-8(4-10(11)12)5-13-9-6-14-15-7-9/h2-4,6-7,13H,5H2,1H3,(H,14,15). The number of H-pyrrole nitrogens is 1. The Balaban J connectivity index is 2.02. The molecule has 0 saturated carbocycles. The molecule has 2 N–H and O–H groups in total. The van der Waals surface area contributed by atoms with Crippen molar-refractivity contribution in [1.29, 1.82) is 0 Å². The van der Waals surface area contributed by atoms with Crippen LogP contribution in [0.4, 0.5) is 5.69 Å². The van der Waals surface area contributed by atoms with Crippen molar-refractivity contribution < 1.29 is 4.74 Å². The summed E-state index contributed by atoms with van der Waals surface area (Å²) in [7, 11) is 1.60. The first-order chi connectivity index (χ1) is 7.79. The Morgan fingerprint density at radius 3 is 3.00 bits per heavy atom. The lowest BCUT2D eigenvalue weighted by atomic mass is 10.2. The van der Waals surface area contributed by atoms with Gasteiger partial charge < -0.3 is 10.1 Å². The Kier molecular flexibility index (Phi) is 3.31. The van der Waals surface area contributed by atoms with Crippen LogP contribution in [0.25, 0.3) is 0 Å². The Labute approximate surface area is 98.6 Å². The molecular weight excluding hydrogens is 226 g/mol. The predicted octanol–water partition coefficient (Wildman–Crippen LogP) is 2.68. The van der Waals surface area contributed by atoms with Gasteiger partial charge in [-0.3, -0.25) is 5.10 Å². The second-order valence-corrected chi connectivity index (χ2v) is 3.72. The van der Waals surface area contributed by atoms with Gasteiger partial charge in [0.15, 0.2) is 0 Å². The van der Waals surface area contributed by atoms with Crippen LogP contribution in [0.15, 0.2) is 30.6 Å². The number of ether oxygens (including phenoxy) is 1. The van der Waals surface area contributed by atoms with E-state index in [4.69, 9.17) is 16.3 Å². The van der Waals surface area contributed by atoms with Crippen molar-refractivity contribution >= 4 is 17.3 Å². The molecule has 0 amide bonds. The molecular formula is C11H12ClN3O. The minimum Gasteiger partial charge on any atom is -0.495 e. The Bertz CT molecular complexity index is 456. The summed E-state index contributed by atoms with van der Waals surface area (Å²) in [5.74, 6) is 0.689. The fourth-order valence-corrected chi connectivity index (χ4v) is 1.65. The lowest BCUT2D eigenvalue weighted by molar-refractivity contribution is 0.415. The number of benzene rings is 1. The quantitative estimate of drug-likeness (QED) is 0.860. The van der Waals surface area contributed by atoms with E-state index in [1.165, 1.54) is 0 Å². The molecule has 1 aromatic heterocycles. The first-order valence-corrected chi connectivity index (χ1v) is 5.22. The highest BCUT2D eigenvalue weighted by molar-refractivity contribution is 6.32. The van der Waals surface area contributed by atoms with Crippen LogP contribution < -0.4 is 10.1 Å². The molecule has 1 heterocycles. The number of rotatable bonds is 4. The lowest BCUT2D eigenvalue weighted by Gasteiger charge is -2.07. The normalized spacial score (nSPS) is 10.1. The van der Waals surface area contributed by atoms with Crippen LogP contribution in [-0.4, -0.2) is 17.3 Å². The van der Waals surface area contributed by atoms with E-state index < -0.39 is 0 Å². The van der Waals surface area contributed by atoms with Crippen LogP contribution in [0, 0.1) is 0 Å². The van der Waals surface area contributed by atoms with E-state index in [0.29, 0.717) is 17.3 Å². The summed E-state index contributed by atoms with van der Waals surface area (Å²) in [6.45, 7) is 0.698. The maximum atomic E-state index is 6.02. The molecule has 2 aromatic rings. The van der Waals surface area contributed by atoms with Crippen molar-refractivity contribution in [2.24, 2.45) is 0 Å². The summed E-state index contributed by atoms with van der Waals surface area (Å²) in [6, 6.07) is 5.71. The van der Waals surface area contributed by atoms with Gasteiger partial charge in [-0.2, -0.15) is 5.10 Å². The molecule has 0 aliphatic rings. The van der Waals surface area contributed by atoms with Gasteiger partial charge in [0, 0.05) is 12.7 Å². The van der Waals surface area contributed by atoms with Crippen LogP contribution in [0.1, 0.15) is 5.56 Å². The van der Waals surface area contributed by atoms with Gasteiger partial charge in [-0.05, 0) is 17.7 Å². The second-order valence-electron chi connectivity index (χ2n) is 3.31. The molecule has 0 spiro atoms. The van der Waals surface area contributed by atoms with Gasteiger partial charge in [0.05, 0.1) is 24.0 Å². The molecule has 4 nitrogen and oxygen atoms in total. The number of nitrogens with zero attached hydrogens (tertiary/aromatic N) is 1. The second kappa shape index (κ2) is 4.90. The minimum atomic E-state index is 0.619. The monoisotopic (exact) mass is 237 g/mol. The fraction of sp³-hybridized carbons (Fsp3) is 0.182. The van der Waals surface area contributed by atoms with E-state index >= 15 is 0 Å². The summed E-state index contributed by atoms with van der Waals surface area (Å²) in [6.07, 6.45) is 3.52. The summed E-state index contributed by atoms with van der Waals surface area (Å²) in [5, 5.41) is 10.4. The Morgan fingerprint density at radius 1 is 1.50 bits per heavy atom. The van der Waals surface area contributed by atoms with Gasteiger partial charge in [-0.1, -0.05) is 17.7 Å². The highest BCUT2D eigenvalue weighted by Gasteiger charge is 2.01. The third-order valence-electron chi connectivity index (χ3n) is 2.21. The first kappa shape index (κ1) is 10.8. The van der Waals surface area contributed by atoms with Crippen molar-refractivity contribution in [3.8, 4) is 5.75 Å². The molecule has 0 atom stereocenters. The van der Waals surface area contributed by atoms with Crippen LogP contribution in [0.2, 0.25) is 5.02 Å². The minimum absolute atomic E-state index is 0.619. The average Bonchev–Trinajstić information content (AvgIpc) is 2.79. The third-order valence-corrected chi connectivity index (χ3v) is 2.51. The molecule has 0 bridgehead atoms. The fourth-order valence-electron chi connectivity index (χ4n) is 1.37. The summed E-state index contributed by atoms with van der Waals surface area (Å²) in [4.78, 5) is 0. The molecule has 1 aromatic carbocycles. The van der Waals surface area contributed by atoms with Crippen molar-refractivity contribution in [3.63, 3.8) is 0 Å². The van der Waals surface area contributed by atoms with Crippen LogP contribution in [-0.2, 0) is 6.54 Å². The van der Waals surface area contributed by atoms with Gasteiger partial charge in [-0.25, -0.2) is 0 Å². The van der Waals surface area contributed by atoms with Gasteiger partial charge in [0.2, 0.25) is 0 Å².